The minimum absolute atomic E-state index is 0.246. The molecule has 0 aliphatic rings. The number of hydrogen-bond donors (Lipinski definition) is 0. The van der Waals surface area contributed by atoms with Crippen molar-refractivity contribution < 1.29 is 9.13 Å². The summed E-state index contributed by atoms with van der Waals surface area (Å²) in [4.78, 5) is 0. The molecule has 1 aromatic carbocycles. The van der Waals surface area contributed by atoms with E-state index in [-0.39, 0.29) is 5.75 Å². The lowest BCUT2D eigenvalue weighted by molar-refractivity contribution is 0.341. The van der Waals surface area contributed by atoms with Crippen LogP contribution in [0, 0.1) is 11.9 Å². The normalized spacial score (nSPS) is 10.5. The van der Waals surface area contributed by atoms with Crippen LogP contribution in [0.2, 0.25) is 0 Å². The summed E-state index contributed by atoms with van der Waals surface area (Å²) in [5.74, 6) is -0.197. The lowest BCUT2D eigenvalue weighted by Crippen LogP contribution is -1.95. The van der Waals surface area contributed by atoms with Crippen LogP contribution >= 0.6 is 0 Å². The summed E-state index contributed by atoms with van der Waals surface area (Å²) in [6.45, 7) is 2.28. The molecule has 2 heteroatoms. The summed E-state index contributed by atoms with van der Waals surface area (Å²) in [5, 5.41) is 0. The molecular formula is C10H10FO. The van der Waals surface area contributed by atoms with E-state index in [4.69, 9.17) is 4.74 Å². The molecule has 63 valence electrons. The molecular weight excluding hydrogens is 155 g/mol. The van der Waals surface area contributed by atoms with E-state index < -0.39 is 5.82 Å². The Morgan fingerprint density at radius 3 is 3.17 bits per heavy atom. The highest BCUT2D eigenvalue weighted by Gasteiger charge is 1.98. The summed E-state index contributed by atoms with van der Waals surface area (Å²) in [6, 6.07) is 7.19. The standard InChI is InChI=1S/C10H10FO/c1-2-3-8-12-10-7-5-4-6-9(10)11/h2-5,7H,8H2,1H3. The van der Waals surface area contributed by atoms with Crippen molar-refractivity contribution in [3.05, 3.63) is 42.2 Å². The lowest BCUT2D eigenvalue weighted by atomic mass is 10.3. The molecule has 0 aromatic heterocycles. The van der Waals surface area contributed by atoms with Crippen molar-refractivity contribution in [2.75, 3.05) is 6.61 Å². The largest absolute Gasteiger partial charge is 0.486 e. The first-order valence-corrected chi connectivity index (χ1v) is 3.74. The fourth-order valence-electron chi connectivity index (χ4n) is 0.747. The molecule has 1 nitrogen and oxygen atoms in total. The van der Waals surface area contributed by atoms with Gasteiger partial charge in [0.2, 0.25) is 0 Å². The van der Waals surface area contributed by atoms with Gasteiger partial charge in [-0.3, -0.25) is 0 Å². The van der Waals surface area contributed by atoms with Crippen molar-refractivity contribution in [1.82, 2.24) is 0 Å². The zero-order chi connectivity index (χ0) is 8.81. The average molecular weight is 165 g/mol. The maximum atomic E-state index is 12.8. The Bertz CT molecular complexity index is 268. The van der Waals surface area contributed by atoms with Crippen LogP contribution in [-0.4, -0.2) is 6.61 Å². The highest BCUT2D eigenvalue weighted by atomic mass is 19.1. The summed E-state index contributed by atoms with van der Waals surface area (Å²) < 4.78 is 17.9. The maximum absolute atomic E-state index is 12.8. The SMILES string of the molecule is CC=CCOc1ccc[c]c1F. The second-order valence-corrected chi connectivity index (χ2v) is 2.23. The fraction of sp³-hybridized carbons (Fsp3) is 0.200. The molecule has 0 spiro atoms. The zero-order valence-electron chi connectivity index (χ0n) is 6.88. The molecule has 0 atom stereocenters. The fourth-order valence-corrected chi connectivity index (χ4v) is 0.747. The Balaban J connectivity index is 2.57. The van der Waals surface area contributed by atoms with Gasteiger partial charge in [-0.15, -0.1) is 0 Å². The lowest BCUT2D eigenvalue weighted by Gasteiger charge is -2.02. The smallest absolute Gasteiger partial charge is 0.172 e. The third-order valence-corrected chi connectivity index (χ3v) is 1.34. The number of allylic oxidation sites excluding steroid dienone is 1. The molecule has 0 bridgehead atoms. The highest BCUT2D eigenvalue weighted by molar-refractivity contribution is 5.22. The molecule has 12 heavy (non-hydrogen) atoms. The van der Waals surface area contributed by atoms with Crippen LogP contribution in [0.5, 0.6) is 5.75 Å². The topological polar surface area (TPSA) is 9.23 Å². The molecule has 1 radical (unpaired) electrons. The zero-order valence-corrected chi connectivity index (χ0v) is 6.88. The predicted octanol–water partition coefficient (Wildman–Crippen LogP) is 2.58. The molecule has 0 N–H and O–H groups in total. The van der Waals surface area contributed by atoms with Crippen LogP contribution in [0.25, 0.3) is 0 Å². The first-order valence-electron chi connectivity index (χ1n) is 3.74. The average Bonchev–Trinajstić information content (AvgIpc) is 2.09. The summed E-state index contributed by atoms with van der Waals surface area (Å²) in [5.41, 5.74) is 0. The first-order chi connectivity index (χ1) is 5.84. The van der Waals surface area contributed by atoms with Crippen molar-refractivity contribution in [3.8, 4) is 5.75 Å². The highest BCUT2D eigenvalue weighted by Crippen LogP contribution is 2.14. The molecule has 0 aliphatic carbocycles. The van der Waals surface area contributed by atoms with Gasteiger partial charge in [0.25, 0.3) is 0 Å². The Morgan fingerprint density at radius 1 is 1.67 bits per heavy atom. The van der Waals surface area contributed by atoms with E-state index in [1.165, 1.54) is 6.07 Å². The Kier molecular flexibility index (Phi) is 3.33. The Labute approximate surface area is 71.5 Å². The van der Waals surface area contributed by atoms with E-state index in [1.807, 2.05) is 19.1 Å². The molecule has 1 aromatic rings. The quantitative estimate of drug-likeness (QED) is 0.625. The molecule has 0 heterocycles. The van der Waals surface area contributed by atoms with E-state index in [0.717, 1.165) is 0 Å². The van der Waals surface area contributed by atoms with Gasteiger partial charge in [0.1, 0.15) is 6.61 Å². The van der Waals surface area contributed by atoms with E-state index in [0.29, 0.717) is 6.61 Å². The molecule has 0 amide bonds. The Hall–Kier alpha value is -1.31. The van der Waals surface area contributed by atoms with Gasteiger partial charge in [-0.2, -0.15) is 0 Å². The third-order valence-electron chi connectivity index (χ3n) is 1.34. The molecule has 0 unspecified atom stereocenters. The number of halogens is 1. The van der Waals surface area contributed by atoms with Crippen molar-refractivity contribution in [1.29, 1.82) is 0 Å². The van der Waals surface area contributed by atoms with Crippen molar-refractivity contribution in [2.45, 2.75) is 6.92 Å². The Morgan fingerprint density at radius 2 is 2.50 bits per heavy atom. The van der Waals surface area contributed by atoms with Gasteiger partial charge in [-0.1, -0.05) is 24.3 Å². The molecule has 0 aliphatic heterocycles. The molecule has 1 rings (SSSR count). The minimum Gasteiger partial charge on any atom is -0.486 e. The van der Waals surface area contributed by atoms with Gasteiger partial charge in [0.05, 0.1) is 0 Å². The van der Waals surface area contributed by atoms with Crippen molar-refractivity contribution in [3.63, 3.8) is 0 Å². The first kappa shape index (κ1) is 8.78. The number of benzene rings is 1. The van der Waals surface area contributed by atoms with Gasteiger partial charge < -0.3 is 4.74 Å². The van der Waals surface area contributed by atoms with E-state index in [1.54, 1.807) is 12.1 Å². The number of rotatable bonds is 3. The van der Waals surface area contributed by atoms with Crippen LogP contribution in [-0.2, 0) is 0 Å². The molecule has 0 saturated carbocycles. The third kappa shape index (κ3) is 2.38. The van der Waals surface area contributed by atoms with Gasteiger partial charge in [-0.25, -0.2) is 4.39 Å². The molecule has 0 fully saturated rings. The number of hydrogen-bond acceptors (Lipinski definition) is 1. The van der Waals surface area contributed by atoms with Crippen LogP contribution < -0.4 is 4.74 Å². The van der Waals surface area contributed by atoms with E-state index >= 15 is 0 Å². The van der Waals surface area contributed by atoms with Gasteiger partial charge in [0.15, 0.2) is 11.6 Å². The number of ether oxygens (including phenoxy) is 1. The second-order valence-electron chi connectivity index (χ2n) is 2.23. The van der Waals surface area contributed by atoms with Crippen LogP contribution in [0.1, 0.15) is 6.92 Å². The van der Waals surface area contributed by atoms with Crippen LogP contribution in [0.4, 0.5) is 4.39 Å². The predicted molar refractivity (Wildman–Crippen MR) is 45.5 cm³/mol. The summed E-state index contributed by atoms with van der Waals surface area (Å²) in [6.07, 6.45) is 3.66. The van der Waals surface area contributed by atoms with Gasteiger partial charge in [0, 0.05) is 6.07 Å². The maximum Gasteiger partial charge on any atom is 0.172 e. The van der Waals surface area contributed by atoms with Crippen LogP contribution in [0.3, 0.4) is 0 Å². The second kappa shape index (κ2) is 4.54. The van der Waals surface area contributed by atoms with E-state index in [2.05, 4.69) is 6.07 Å². The molecule has 0 saturated heterocycles. The summed E-state index contributed by atoms with van der Waals surface area (Å²) in [7, 11) is 0. The van der Waals surface area contributed by atoms with Gasteiger partial charge in [-0.05, 0) is 13.0 Å². The van der Waals surface area contributed by atoms with Crippen molar-refractivity contribution >= 4 is 0 Å². The minimum atomic E-state index is -0.443. The van der Waals surface area contributed by atoms with Gasteiger partial charge >= 0.3 is 0 Å². The van der Waals surface area contributed by atoms with E-state index in [9.17, 15) is 4.39 Å². The summed E-state index contributed by atoms with van der Waals surface area (Å²) >= 11 is 0. The van der Waals surface area contributed by atoms with Crippen molar-refractivity contribution in [2.24, 2.45) is 0 Å². The van der Waals surface area contributed by atoms with Crippen LogP contribution in [0.15, 0.2) is 30.4 Å². The monoisotopic (exact) mass is 165 g/mol.